The minimum Gasteiger partial charge on any atom is -0.427 e. The van der Waals surface area contributed by atoms with Crippen molar-refractivity contribution >= 4 is 5.97 Å². The van der Waals surface area contributed by atoms with E-state index < -0.39 is 0 Å². The number of aromatic nitrogens is 2. The van der Waals surface area contributed by atoms with E-state index in [4.69, 9.17) is 14.0 Å². The highest BCUT2D eigenvalue weighted by molar-refractivity contribution is 5.72. The first-order valence-electron chi connectivity index (χ1n) is 8.02. The van der Waals surface area contributed by atoms with Gasteiger partial charge in [-0.15, -0.1) is 0 Å². The van der Waals surface area contributed by atoms with Gasteiger partial charge >= 0.3 is 5.97 Å². The molecule has 2 aromatic rings. The summed E-state index contributed by atoms with van der Waals surface area (Å²) in [5, 5.41) is 3.99. The summed E-state index contributed by atoms with van der Waals surface area (Å²) < 4.78 is 16.1. The van der Waals surface area contributed by atoms with E-state index in [-0.39, 0.29) is 12.1 Å². The number of hydrogen-bond acceptors (Lipinski definition) is 6. The van der Waals surface area contributed by atoms with Crippen molar-refractivity contribution in [2.24, 2.45) is 0 Å². The third kappa shape index (κ3) is 3.96. The Morgan fingerprint density at radius 3 is 2.87 bits per heavy atom. The molecule has 2 heterocycles. The summed E-state index contributed by atoms with van der Waals surface area (Å²) >= 11 is 0. The summed E-state index contributed by atoms with van der Waals surface area (Å²) in [4.78, 5) is 16.0. The van der Waals surface area contributed by atoms with Gasteiger partial charge in [-0.1, -0.05) is 18.5 Å². The third-order valence-corrected chi connectivity index (χ3v) is 3.73. The lowest BCUT2D eigenvalue weighted by Gasteiger charge is -2.04. The molecule has 0 radical (unpaired) electrons. The number of carbonyl (C=O) groups excluding carboxylic acids is 1. The lowest BCUT2D eigenvalue weighted by atomic mass is 10.2. The van der Waals surface area contributed by atoms with Gasteiger partial charge in [0.2, 0.25) is 5.82 Å². The number of esters is 1. The summed E-state index contributed by atoms with van der Waals surface area (Å²) in [5.41, 5.74) is 0.811. The molecule has 0 unspecified atom stereocenters. The second-order valence-electron chi connectivity index (χ2n) is 5.56. The standard InChI is InChI=1S/C17H20N2O4/c1-2-3-6-15(20)22-13-9-7-12(8-10-13)16-18-17(23-19-16)14-5-4-11-21-14/h7-10,14H,2-6,11H2,1H3/t14-/m1/s1. The highest BCUT2D eigenvalue weighted by Gasteiger charge is 2.24. The quantitative estimate of drug-likeness (QED) is 0.598. The van der Waals surface area contributed by atoms with Gasteiger partial charge in [-0.05, 0) is 43.5 Å². The van der Waals surface area contributed by atoms with Crippen LogP contribution in [-0.2, 0) is 9.53 Å². The van der Waals surface area contributed by atoms with E-state index in [1.807, 2.05) is 19.1 Å². The lowest BCUT2D eigenvalue weighted by Crippen LogP contribution is -2.07. The van der Waals surface area contributed by atoms with E-state index >= 15 is 0 Å². The molecule has 23 heavy (non-hydrogen) atoms. The van der Waals surface area contributed by atoms with Crippen LogP contribution in [0.2, 0.25) is 0 Å². The maximum Gasteiger partial charge on any atom is 0.311 e. The molecule has 1 saturated heterocycles. The molecular weight excluding hydrogens is 296 g/mol. The fourth-order valence-electron chi connectivity index (χ4n) is 2.43. The summed E-state index contributed by atoms with van der Waals surface area (Å²) in [7, 11) is 0. The van der Waals surface area contributed by atoms with Crippen molar-refractivity contribution in [3.05, 3.63) is 30.2 Å². The zero-order chi connectivity index (χ0) is 16.1. The molecule has 1 aliphatic rings. The van der Waals surface area contributed by atoms with Crippen LogP contribution in [0.1, 0.15) is 51.0 Å². The Hall–Kier alpha value is -2.21. The lowest BCUT2D eigenvalue weighted by molar-refractivity contribution is -0.134. The zero-order valence-corrected chi connectivity index (χ0v) is 13.2. The zero-order valence-electron chi connectivity index (χ0n) is 13.2. The fourth-order valence-corrected chi connectivity index (χ4v) is 2.43. The Labute approximate surface area is 134 Å². The molecule has 3 rings (SSSR count). The second kappa shape index (κ2) is 7.37. The molecule has 0 bridgehead atoms. The molecule has 0 spiro atoms. The van der Waals surface area contributed by atoms with Crippen LogP contribution in [0, 0.1) is 0 Å². The Bertz CT molecular complexity index is 645. The molecule has 1 atom stereocenters. The molecule has 1 aromatic heterocycles. The van der Waals surface area contributed by atoms with Crippen LogP contribution in [0.25, 0.3) is 11.4 Å². The van der Waals surface area contributed by atoms with E-state index in [1.165, 1.54) is 0 Å². The minimum atomic E-state index is -0.208. The average Bonchev–Trinajstić information content (AvgIpc) is 3.24. The molecule has 1 aromatic carbocycles. The van der Waals surface area contributed by atoms with Crippen molar-refractivity contribution in [2.75, 3.05) is 6.61 Å². The molecule has 1 aliphatic heterocycles. The van der Waals surface area contributed by atoms with Crippen LogP contribution in [0.4, 0.5) is 0 Å². The van der Waals surface area contributed by atoms with Crippen molar-refractivity contribution in [1.82, 2.24) is 10.1 Å². The van der Waals surface area contributed by atoms with Gasteiger partial charge in [-0.25, -0.2) is 0 Å². The Balaban J connectivity index is 1.64. The summed E-state index contributed by atoms with van der Waals surface area (Å²) in [5.74, 6) is 1.35. The number of rotatable bonds is 6. The minimum absolute atomic E-state index is 0.0879. The van der Waals surface area contributed by atoms with Gasteiger partial charge in [0, 0.05) is 18.6 Å². The van der Waals surface area contributed by atoms with Crippen molar-refractivity contribution in [1.29, 1.82) is 0 Å². The molecule has 0 amide bonds. The molecule has 0 saturated carbocycles. The van der Waals surface area contributed by atoms with Gasteiger partial charge in [0.1, 0.15) is 11.9 Å². The first kappa shape index (κ1) is 15.7. The van der Waals surface area contributed by atoms with Crippen LogP contribution in [0.5, 0.6) is 5.75 Å². The molecule has 0 aliphatic carbocycles. The summed E-state index contributed by atoms with van der Waals surface area (Å²) in [6, 6.07) is 7.10. The van der Waals surface area contributed by atoms with E-state index in [9.17, 15) is 4.79 Å². The molecule has 0 N–H and O–H groups in total. The first-order valence-corrected chi connectivity index (χ1v) is 8.02. The maximum atomic E-state index is 11.6. The first-order chi connectivity index (χ1) is 11.3. The fraction of sp³-hybridized carbons (Fsp3) is 0.471. The van der Waals surface area contributed by atoms with Crippen LogP contribution in [0.15, 0.2) is 28.8 Å². The van der Waals surface area contributed by atoms with E-state index in [2.05, 4.69) is 10.1 Å². The van der Waals surface area contributed by atoms with Crippen LogP contribution < -0.4 is 4.74 Å². The van der Waals surface area contributed by atoms with Gasteiger partial charge < -0.3 is 14.0 Å². The maximum absolute atomic E-state index is 11.6. The van der Waals surface area contributed by atoms with E-state index in [0.717, 1.165) is 37.9 Å². The van der Waals surface area contributed by atoms with Crippen LogP contribution in [-0.4, -0.2) is 22.7 Å². The average molecular weight is 316 g/mol. The number of hydrogen-bond donors (Lipinski definition) is 0. The predicted molar refractivity (Wildman–Crippen MR) is 82.8 cm³/mol. The number of benzene rings is 1. The third-order valence-electron chi connectivity index (χ3n) is 3.73. The molecular formula is C17H20N2O4. The van der Waals surface area contributed by atoms with Crippen molar-refractivity contribution < 1.29 is 18.8 Å². The molecule has 6 nitrogen and oxygen atoms in total. The Kier molecular flexibility index (Phi) is 5.02. The van der Waals surface area contributed by atoms with Crippen LogP contribution in [0.3, 0.4) is 0 Å². The second-order valence-corrected chi connectivity index (χ2v) is 5.56. The van der Waals surface area contributed by atoms with Crippen molar-refractivity contribution in [3.63, 3.8) is 0 Å². The van der Waals surface area contributed by atoms with E-state index in [1.54, 1.807) is 12.1 Å². The van der Waals surface area contributed by atoms with Gasteiger partial charge in [-0.2, -0.15) is 4.98 Å². The number of unbranched alkanes of at least 4 members (excludes halogenated alkanes) is 1. The van der Waals surface area contributed by atoms with Gasteiger partial charge in [-0.3, -0.25) is 4.79 Å². The number of nitrogens with zero attached hydrogens (tertiary/aromatic N) is 2. The predicted octanol–water partition coefficient (Wildman–Crippen LogP) is 3.68. The SMILES string of the molecule is CCCCC(=O)Oc1ccc(-c2noc([C@H]3CCCO3)n2)cc1. The normalized spacial score (nSPS) is 17.3. The Morgan fingerprint density at radius 2 is 2.17 bits per heavy atom. The Morgan fingerprint density at radius 1 is 1.35 bits per heavy atom. The summed E-state index contributed by atoms with van der Waals surface area (Å²) in [6.07, 6.45) is 4.09. The van der Waals surface area contributed by atoms with Crippen LogP contribution >= 0.6 is 0 Å². The topological polar surface area (TPSA) is 74.5 Å². The van der Waals surface area contributed by atoms with Gasteiger partial charge in [0.05, 0.1) is 0 Å². The number of carbonyl (C=O) groups is 1. The van der Waals surface area contributed by atoms with E-state index in [0.29, 0.717) is 23.9 Å². The molecule has 6 heteroatoms. The highest BCUT2D eigenvalue weighted by Crippen LogP contribution is 2.29. The van der Waals surface area contributed by atoms with Gasteiger partial charge in [0.15, 0.2) is 0 Å². The smallest absolute Gasteiger partial charge is 0.311 e. The van der Waals surface area contributed by atoms with Crippen molar-refractivity contribution in [2.45, 2.75) is 45.1 Å². The molecule has 122 valence electrons. The van der Waals surface area contributed by atoms with Crippen molar-refractivity contribution in [3.8, 4) is 17.1 Å². The van der Waals surface area contributed by atoms with Gasteiger partial charge in [0.25, 0.3) is 5.89 Å². The number of ether oxygens (including phenoxy) is 2. The highest BCUT2D eigenvalue weighted by atomic mass is 16.5. The monoisotopic (exact) mass is 316 g/mol. The summed E-state index contributed by atoms with van der Waals surface area (Å²) in [6.45, 7) is 2.78. The largest absolute Gasteiger partial charge is 0.427 e. The molecule has 1 fully saturated rings.